The average Bonchev–Trinajstić information content (AvgIpc) is 2.90. The summed E-state index contributed by atoms with van der Waals surface area (Å²) in [6.07, 6.45) is 0.206. The van der Waals surface area contributed by atoms with E-state index in [1.54, 1.807) is 18.2 Å². The molecule has 0 fully saturated rings. The van der Waals surface area contributed by atoms with Crippen LogP contribution in [0.2, 0.25) is 10.0 Å². The Bertz CT molecular complexity index is 660. The van der Waals surface area contributed by atoms with Crippen LogP contribution in [0.4, 0.5) is 0 Å². The van der Waals surface area contributed by atoms with Gasteiger partial charge in [-0.25, -0.2) is 0 Å². The molecule has 0 N–H and O–H groups in total. The number of hydrogen-bond acceptors (Lipinski definition) is 2. The second-order valence-corrected chi connectivity index (χ2v) is 5.59. The Kier molecular flexibility index (Phi) is 3.79. The van der Waals surface area contributed by atoms with E-state index in [0.29, 0.717) is 34.4 Å². The molecule has 0 radical (unpaired) electrons. The lowest BCUT2D eigenvalue weighted by Gasteiger charge is -2.07. The SMILES string of the molecule is O=C(Cc1c(Cl)cccc1Cl)c1ccc2c(c1)COC2. The van der Waals surface area contributed by atoms with Crippen LogP contribution in [0.5, 0.6) is 0 Å². The van der Waals surface area contributed by atoms with E-state index in [4.69, 9.17) is 27.9 Å². The fourth-order valence-corrected chi connectivity index (χ4v) is 2.84. The number of rotatable bonds is 3. The summed E-state index contributed by atoms with van der Waals surface area (Å²) in [5.41, 5.74) is 3.58. The van der Waals surface area contributed by atoms with Crippen LogP contribution < -0.4 is 0 Å². The minimum absolute atomic E-state index is 0.00898. The molecule has 20 heavy (non-hydrogen) atoms. The predicted molar refractivity (Wildman–Crippen MR) is 79.4 cm³/mol. The van der Waals surface area contributed by atoms with E-state index >= 15 is 0 Å². The quantitative estimate of drug-likeness (QED) is 0.783. The summed E-state index contributed by atoms with van der Waals surface area (Å²) >= 11 is 12.2. The standard InChI is InChI=1S/C16H12Cl2O2/c17-14-2-1-3-15(18)13(14)7-16(19)10-4-5-11-8-20-9-12(11)6-10/h1-6H,7-9H2. The van der Waals surface area contributed by atoms with Gasteiger partial charge in [0.2, 0.25) is 0 Å². The van der Waals surface area contributed by atoms with Crippen molar-refractivity contribution >= 4 is 29.0 Å². The Morgan fingerprint density at radius 3 is 2.50 bits per heavy atom. The Morgan fingerprint density at radius 2 is 1.75 bits per heavy atom. The second kappa shape index (κ2) is 5.57. The lowest BCUT2D eigenvalue weighted by atomic mass is 9.99. The van der Waals surface area contributed by atoms with Gasteiger partial charge in [-0.1, -0.05) is 41.4 Å². The number of hydrogen-bond donors (Lipinski definition) is 0. The highest BCUT2D eigenvalue weighted by atomic mass is 35.5. The number of carbonyl (C=O) groups is 1. The minimum atomic E-state index is 0.00898. The second-order valence-electron chi connectivity index (χ2n) is 4.78. The van der Waals surface area contributed by atoms with Crippen molar-refractivity contribution in [2.75, 3.05) is 0 Å². The van der Waals surface area contributed by atoms with E-state index in [9.17, 15) is 4.79 Å². The van der Waals surface area contributed by atoms with Crippen molar-refractivity contribution in [2.24, 2.45) is 0 Å². The number of Topliss-reactive ketones (excluding diaryl/α,β-unsaturated/α-hetero) is 1. The molecule has 0 saturated carbocycles. The van der Waals surface area contributed by atoms with Gasteiger partial charge < -0.3 is 4.74 Å². The maximum Gasteiger partial charge on any atom is 0.167 e. The summed E-state index contributed by atoms with van der Waals surface area (Å²) in [4.78, 5) is 12.4. The summed E-state index contributed by atoms with van der Waals surface area (Å²) in [7, 11) is 0. The Morgan fingerprint density at radius 1 is 1.05 bits per heavy atom. The fourth-order valence-electron chi connectivity index (χ4n) is 2.31. The van der Waals surface area contributed by atoms with Crippen LogP contribution in [0.25, 0.3) is 0 Å². The molecule has 0 unspecified atom stereocenters. The third-order valence-electron chi connectivity index (χ3n) is 3.44. The highest BCUT2D eigenvalue weighted by molar-refractivity contribution is 6.36. The molecule has 2 aromatic carbocycles. The molecule has 0 atom stereocenters. The van der Waals surface area contributed by atoms with Crippen LogP contribution in [-0.4, -0.2) is 5.78 Å². The van der Waals surface area contributed by atoms with Gasteiger partial charge in [0.1, 0.15) is 0 Å². The minimum Gasteiger partial charge on any atom is -0.372 e. The monoisotopic (exact) mass is 306 g/mol. The summed E-state index contributed by atoms with van der Waals surface area (Å²) in [6.45, 7) is 1.20. The largest absolute Gasteiger partial charge is 0.372 e. The first-order valence-electron chi connectivity index (χ1n) is 6.31. The van der Waals surface area contributed by atoms with Gasteiger partial charge in [-0.3, -0.25) is 4.79 Å². The molecule has 1 aliphatic heterocycles. The van der Waals surface area contributed by atoms with Crippen molar-refractivity contribution in [1.82, 2.24) is 0 Å². The molecule has 0 amide bonds. The Labute approximate surface area is 127 Å². The zero-order valence-corrected chi connectivity index (χ0v) is 12.2. The molecular weight excluding hydrogens is 295 g/mol. The van der Waals surface area contributed by atoms with Gasteiger partial charge in [0.05, 0.1) is 13.2 Å². The number of fused-ring (bicyclic) bond motifs is 1. The third-order valence-corrected chi connectivity index (χ3v) is 4.15. The lowest BCUT2D eigenvalue weighted by Crippen LogP contribution is -2.05. The van der Waals surface area contributed by atoms with Crippen LogP contribution in [0.1, 0.15) is 27.0 Å². The molecule has 4 heteroatoms. The maximum atomic E-state index is 12.4. The van der Waals surface area contributed by atoms with Crippen molar-refractivity contribution in [3.05, 3.63) is 68.7 Å². The molecule has 0 spiro atoms. The fraction of sp³-hybridized carbons (Fsp3) is 0.188. The highest BCUT2D eigenvalue weighted by Gasteiger charge is 2.16. The van der Waals surface area contributed by atoms with Crippen molar-refractivity contribution in [1.29, 1.82) is 0 Å². The topological polar surface area (TPSA) is 26.3 Å². The van der Waals surface area contributed by atoms with Crippen LogP contribution >= 0.6 is 23.2 Å². The molecule has 3 rings (SSSR count). The van der Waals surface area contributed by atoms with Crippen LogP contribution in [0, 0.1) is 0 Å². The number of ketones is 1. The smallest absolute Gasteiger partial charge is 0.167 e. The first-order chi connectivity index (χ1) is 9.65. The van der Waals surface area contributed by atoms with Gasteiger partial charge in [0.15, 0.2) is 5.78 Å². The zero-order chi connectivity index (χ0) is 14.1. The molecule has 0 saturated heterocycles. The molecule has 102 valence electrons. The van der Waals surface area contributed by atoms with E-state index < -0.39 is 0 Å². The van der Waals surface area contributed by atoms with Crippen LogP contribution in [0.3, 0.4) is 0 Å². The lowest BCUT2D eigenvalue weighted by molar-refractivity contribution is 0.0993. The molecule has 2 aromatic rings. The van der Waals surface area contributed by atoms with Gasteiger partial charge in [-0.15, -0.1) is 0 Å². The molecule has 2 nitrogen and oxygen atoms in total. The van der Waals surface area contributed by atoms with Crippen molar-refractivity contribution < 1.29 is 9.53 Å². The first-order valence-corrected chi connectivity index (χ1v) is 7.06. The van der Waals surface area contributed by atoms with Gasteiger partial charge >= 0.3 is 0 Å². The molecular formula is C16H12Cl2O2. The highest BCUT2D eigenvalue weighted by Crippen LogP contribution is 2.27. The van der Waals surface area contributed by atoms with E-state index in [1.807, 2.05) is 18.2 Å². The summed E-state index contributed by atoms with van der Waals surface area (Å²) < 4.78 is 5.35. The summed E-state index contributed by atoms with van der Waals surface area (Å²) in [5.74, 6) is 0.00898. The normalized spacial score (nSPS) is 13.3. The van der Waals surface area contributed by atoms with E-state index in [-0.39, 0.29) is 12.2 Å². The van der Waals surface area contributed by atoms with Gasteiger partial charge in [-0.2, -0.15) is 0 Å². The number of benzene rings is 2. The van der Waals surface area contributed by atoms with Crippen molar-refractivity contribution in [3.63, 3.8) is 0 Å². The molecule has 1 aliphatic rings. The van der Waals surface area contributed by atoms with E-state index in [2.05, 4.69) is 0 Å². The first kappa shape index (κ1) is 13.6. The average molecular weight is 307 g/mol. The van der Waals surface area contributed by atoms with Crippen molar-refractivity contribution in [3.8, 4) is 0 Å². The third kappa shape index (κ3) is 2.59. The van der Waals surface area contributed by atoms with Crippen molar-refractivity contribution in [2.45, 2.75) is 19.6 Å². The summed E-state index contributed by atoms with van der Waals surface area (Å²) in [6, 6.07) is 10.9. The van der Waals surface area contributed by atoms with E-state index in [1.165, 1.54) is 0 Å². The molecule has 0 aliphatic carbocycles. The molecule has 1 heterocycles. The number of carbonyl (C=O) groups excluding carboxylic acids is 1. The van der Waals surface area contributed by atoms with Gasteiger partial charge in [0, 0.05) is 22.0 Å². The van der Waals surface area contributed by atoms with Crippen LogP contribution in [0.15, 0.2) is 36.4 Å². The zero-order valence-electron chi connectivity index (χ0n) is 10.7. The predicted octanol–water partition coefficient (Wildman–Crippen LogP) is 4.45. The number of ether oxygens (including phenoxy) is 1. The summed E-state index contributed by atoms with van der Waals surface area (Å²) in [5, 5.41) is 1.05. The molecule has 0 bridgehead atoms. The Hall–Kier alpha value is -1.35. The molecule has 0 aromatic heterocycles. The van der Waals surface area contributed by atoms with Crippen LogP contribution in [-0.2, 0) is 24.4 Å². The van der Waals surface area contributed by atoms with Gasteiger partial charge in [-0.05, 0) is 34.9 Å². The Balaban J connectivity index is 1.86. The van der Waals surface area contributed by atoms with E-state index in [0.717, 1.165) is 11.1 Å². The number of halogens is 2. The van der Waals surface area contributed by atoms with Gasteiger partial charge in [0.25, 0.3) is 0 Å². The maximum absolute atomic E-state index is 12.4.